The summed E-state index contributed by atoms with van der Waals surface area (Å²) in [4.78, 5) is 1.93. The monoisotopic (exact) mass is 394 g/mol. The first-order chi connectivity index (χ1) is 11.9. The molecule has 0 atom stereocenters. The summed E-state index contributed by atoms with van der Waals surface area (Å²) in [5.41, 5.74) is 1.14. The summed E-state index contributed by atoms with van der Waals surface area (Å²) in [5.74, 6) is 0.798. The van der Waals surface area contributed by atoms with E-state index in [1.54, 1.807) is 12.1 Å². The molecule has 1 aromatic carbocycles. The fourth-order valence-electron chi connectivity index (χ4n) is 2.15. The number of thiophene rings is 1. The van der Waals surface area contributed by atoms with Gasteiger partial charge in [-0.2, -0.15) is 0 Å². The van der Waals surface area contributed by atoms with Crippen LogP contribution < -0.4 is 9.62 Å². The van der Waals surface area contributed by atoms with Crippen molar-refractivity contribution in [3.63, 3.8) is 0 Å². The van der Waals surface area contributed by atoms with Crippen LogP contribution in [0.15, 0.2) is 58.8 Å². The highest BCUT2D eigenvalue weighted by Crippen LogP contribution is 2.27. The fourth-order valence-corrected chi connectivity index (χ4v) is 4.63. The van der Waals surface area contributed by atoms with Gasteiger partial charge in [-0.15, -0.1) is 21.5 Å². The number of nitrogens with one attached hydrogen (secondary N) is 1. The van der Waals surface area contributed by atoms with Gasteiger partial charge in [0.05, 0.1) is 4.34 Å². The second-order valence-corrected chi connectivity index (χ2v) is 8.91. The quantitative estimate of drug-likeness (QED) is 0.690. The minimum Gasteiger partial charge on any atom is -0.354 e. The molecule has 130 valence electrons. The topological polar surface area (TPSA) is 75.2 Å². The maximum Gasteiger partial charge on any atom is 0.272 e. The standard InChI is InChI=1S/C16H15ClN4O2S2/c1-21(11-12-5-3-2-4-6-12)15-9-8-14(18-19-15)20-25(22,23)16-10-7-13(17)24-16/h2-10H,11H2,1H3,(H,18,20). The maximum atomic E-state index is 12.2. The van der Waals surface area contributed by atoms with Crippen LogP contribution in [0.3, 0.4) is 0 Å². The molecule has 0 aliphatic heterocycles. The number of hydrogen-bond donors (Lipinski definition) is 1. The van der Waals surface area contributed by atoms with Crippen molar-refractivity contribution in [2.45, 2.75) is 10.8 Å². The van der Waals surface area contributed by atoms with Crippen molar-refractivity contribution in [1.29, 1.82) is 0 Å². The molecule has 0 unspecified atom stereocenters. The maximum absolute atomic E-state index is 12.2. The molecule has 0 saturated heterocycles. The van der Waals surface area contributed by atoms with Crippen LogP contribution in [0.4, 0.5) is 11.6 Å². The van der Waals surface area contributed by atoms with Crippen LogP contribution in [0.25, 0.3) is 0 Å². The van der Waals surface area contributed by atoms with E-state index in [-0.39, 0.29) is 10.0 Å². The molecular weight excluding hydrogens is 380 g/mol. The molecule has 1 N–H and O–H groups in total. The van der Waals surface area contributed by atoms with E-state index in [9.17, 15) is 8.42 Å². The predicted octanol–water partition coefficient (Wildman–Crippen LogP) is 3.63. The molecule has 0 amide bonds. The number of anilines is 2. The lowest BCUT2D eigenvalue weighted by Crippen LogP contribution is -2.19. The molecule has 3 aromatic rings. The van der Waals surface area contributed by atoms with Crippen molar-refractivity contribution in [2.24, 2.45) is 0 Å². The first-order valence-corrected chi connectivity index (χ1v) is 9.99. The number of benzene rings is 1. The largest absolute Gasteiger partial charge is 0.354 e. The summed E-state index contributed by atoms with van der Waals surface area (Å²) < 4.78 is 27.4. The van der Waals surface area contributed by atoms with E-state index < -0.39 is 10.0 Å². The number of sulfonamides is 1. The lowest BCUT2D eigenvalue weighted by atomic mass is 10.2. The Hall–Kier alpha value is -2.16. The number of rotatable bonds is 6. The molecule has 0 saturated carbocycles. The molecule has 0 bridgehead atoms. The highest BCUT2D eigenvalue weighted by atomic mass is 35.5. The summed E-state index contributed by atoms with van der Waals surface area (Å²) in [5, 5.41) is 8.03. The number of hydrogen-bond acceptors (Lipinski definition) is 6. The van der Waals surface area contributed by atoms with E-state index in [0.717, 1.165) is 16.9 Å². The van der Waals surface area contributed by atoms with E-state index in [1.807, 2.05) is 42.3 Å². The SMILES string of the molecule is CN(Cc1ccccc1)c1ccc(NS(=O)(=O)c2ccc(Cl)s2)nn1. The first kappa shape index (κ1) is 17.7. The molecule has 0 spiro atoms. The Bertz CT molecular complexity index is 944. The summed E-state index contributed by atoms with van der Waals surface area (Å²) in [6.07, 6.45) is 0. The highest BCUT2D eigenvalue weighted by molar-refractivity contribution is 7.94. The van der Waals surface area contributed by atoms with Crippen LogP contribution in [-0.2, 0) is 16.6 Å². The van der Waals surface area contributed by atoms with Gasteiger partial charge >= 0.3 is 0 Å². The van der Waals surface area contributed by atoms with Crippen molar-refractivity contribution in [3.8, 4) is 0 Å². The third-order valence-corrected chi connectivity index (χ3v) is 6.43. The van der Waals surface area contributed by atoms with Gasteiger partial charge in [-0.3, -0.25) is 4.72 Å². The van der Waals surface area contributed by atoms with Gasteiger partial charge in [-0.25, -0.2) is 8.42 Å². The number of halogens is 1. The Morgan fingerprint density at radius 2 is 1.84 bits per heavy atom. The molecule has 9 heteroatoms. The minimum atomic E-state index is -3.71. The molecular formula is C16H15ClN4O2S2. The molecule has 2 aromatic heterocycles. The Morgan fingerprint density at radius 3 is 2.44 bits per heavy atom. The van der Waals surface area contributed by atoms with Gasteiger partial charge in [-0.05, 0) is 29.8 Å². The van der Waals surface area contributed by atoms with Gasteiger partial charge in [0.15, 0.2) is 11.6 Å². The summed E-state index contributed by atoms with van der Waals surface area (Å²) in [6.45, 7) is 0.675. The molecule has 0 fully saturated rings. The van der Waals surface area contributed by atoms with Crippen molar-refractivity contribution < 1.29 is 8.42 Å². The third kappa shape index (κ3) is 4.47. The molecule has 0 aliphatic rings. The van der Waals surface area contributed by atoms with Gasteiger partial charge in [0.1, 0.15) is 4.21 Å². The van der Waals surface area contributed by atoms with E-state index >= 15 is 0 Å². The summed E-state index contributed by atoms with van der Waals surface area (Å²) >= 11 is 6.77. The van der Waals surface area contributed by atoms with Gasteiger partial charge in [0, 0.05) is 13.6 Å². The van der Waals surface area contributed by atoms with Gasteiger partial charge in [-0.1, -0.05) is 41.9 Å². The second-order valence-electron chi connectivity index (χ2n) is 5.28. The van der Waals surface area contributed by atoms with Crippen molar-refractivity contribution in [3.05, 3.63) is 64.5 Å². The van der Waals surface area contributed by atoms with E-state index in [4.69, 9.17) is 11.6 Å². The van der Waals surface area contributed by atoms with Crippen molar-refractivity contribution in [1.82, 2.24) is 10.2 Å². The average Bonchev–Trinajstić information content (AvgIpc) is 3.03. The average molecular weight is 395 g/mol. The Labute approximate surface area is 155 Å². The molecule has 0 aliphatic carbocycles. The molecule has 6 nitrogen and oxygen atoms in total. The van der Waals surface area contributed by atoms with Crippen LogP contribution in [0, 0.1) is 0 Å². The lowest BCUT2D eigenvalue weighted by molar-refractivity contribution is 0.603. The van der Waals surface area contributed by atoms with E-state index in [2.05, 4.69) is 14.9 Å². The molecule has 2 heterocycles. The number of nitrogens with zero attached hydrogens (tertiary/aromatic N) is 3. The van der Waals surface area contributed by atoms with Gasteiger partial charge in [0.2, 0.25) is 0 Å². The van der Waals surface area contributed by atoms with Crippen LogP contribution in [-0.4, -0.2) is 25.7 Å². The zero-order chi connectivity index (χ0) is 17.9. The van der Waals surface area contributed by atoms with Gasteiger partial charge < -0.3 is 4.90 Å². The summed E-state index contributed by atoms with van der Waals surface area (Å²) in [7, 11) is -1.81. The van der Waals surface area contributed by atoms with Crippen LogP contribution in [0.1, 0.15) is 5.56 Å². The zero-order valence-corrected chi connectivity index (χ0v) is 15.6. The van der Waals surface area contributed by atoms with Crippen molar-refractivity contribution >= 4 is 44.6 Å². The smallest absolute Gasteiger partial charge is 0.272 e. The van der Waals surface area contributed by atoms with Crippen molar-refractivity contribution in [2.75, 3.05) is 16.7 Å². The third-order valence-electron chi connectivity index (χ3n) is 3.36. The zero-order valence-electron chi connectivity index (χ0n) is 13.3. The van der Waals surface area contributed by atoms with Crippen LogP contribution in [0.2, 0.25) is 4.34 Å². The molecule has 25 heavy (non-hydrogen) atoms. The minimum absolute atomic E-state index is 0.129. The highest BCUT2D eigenvalue weighted by Gasteiger charge is 2.17. The normalized spacial score (nSPS) is 11.3. The van der Waals surface area contributed by atoms with Gasteiger partial charge in [0.25, 0.3) is 10.0 Å². The van der Waals surface area contributed by atoms with Crippen LogP contribution in [0.5, 0.6) is 0 Å². The Morgan fingerprint density at radius 1 is 1.08 bits per heavy atom. The predicted molar refractivity (Wildman–Crippen MR) is 101 cm³/mol. The number of aromatic nitrogens is 2. The first-order valence-electron chi connectivity index (χ1n) is 7.31. The van der Waals surface area contributed by atoms with E-state index in [1.165, 1.54) is 12.1 Å². The molecule has 3 rings (SSSR count). The Balaban J connectivity index is 1.70. The van der Waals surface area contributed by atoms with Crippen LogP contribution >= 0.6 is 22.9 Å². The molecule has 0 radical (unpaired) electrons. The lowest BCUT2D eigenvalue weighted by Gasteiger charge is -2.17. The van der Waals surface area contributed by atoms with E-state index in [0.29, 0.717) is 16.7 Å². The Kier molecular flexibility index (Phi) is 5.22. The summed E-state index contributed by atoms with van der Waals surface area (Å²) in [6, 6.07) is 16.2. The fraction of sp³-hybridized carbons (Fsp3) is 0.125. The second kappa shape index (κ2) is 7.38.